The van der Waals surface area contributed by atoms with Gasteiger partial charge in [0.25, 0.3) is 0 Å². The van der Waals surface area contributed by atoms with Crippen molar-refractivity contribution in [2.24, 2.45) is 0 Å². The van der Waals surface area contributed by atoms with Crippen LogP contribution in [0, 0.1) is 0 Å². The van der Waals surface area contributed by atoms with E-state index in [1.807, 2.05) is 13.0 Å². The van der Waals surface area contributed by atoms with Crippen LogP contribution in [0.25, 0.3) is 23.4 Å². The molecule has 0 unspecified atom stereocenters. The van der Waals surface area contributed by atoms with E-state index in [4.69, 9.17) is 0 Å². The Balaban J connectivity index is 1.96. The molecule has 0 N–H and O–H groups in total. The first-order chi connectivity index (χ1) is 10.8. The van der Waals surface area contributed by atoms with E-state index in [1.165, 1.54) is 27.1 Å². The Bertz CT molecular complexity index is 930. The molecule has 0 atom stereocenters. The van der Waals surface area contributed by atoms with Crippen molar-refractivity contribution < 1.29 is 0 Å². The van der Waals surface area contributed by atoms with Crippen LogP contribution in [0.3, 0.4) is 0 Å². The standard InChI is InChI=1S/C22H20/c1-3-4-7-21-15-18(11-10-17(21)2)14-19-12-13-20-8-5-6-9-22(20)16-19/h3-13,15-16H,2,14H2,1H3/b4-3-,21-7-. The lowest BCUT2D eigenvalue weighted by atomic mass is 10.0. The van der Waals surface area contributed by atoms with Crippen LogP contribution in [0.5, 0.6) is 0 Å². The second-order valence-corrected chi connectivity index (χ2v) is 5.58. The molecule has 0 saturated carbocycles. The molecular weight excluding hydrogens is 264 g/mol. The first-order valence-corrected chi connectivity index (χ1v) is 7.65. The van der Waals surface area contributed by atoms with E-state index in [2.05, 4.69) is 79.4 Å². The van der Waals surface area contributed by atoms with Gasteiger partial charge in [0.1, 0.15) is 0 Å². The summed E-state index contributed by atoms with van der Waals surface area (Å²) in [7, 11) is 0. The van der Waals surface area contributed by atoms with Crippen molar-refractivity contribution in [3.05, 3.63) is 94.4 Å². The number of hydrogen-bond donors (Lipinski definition) is 0. The van der Waals surface area contributed by atoms with Gasteiger partial charge in [-0.2, -0.15) is 0 Å². The molecule has 0 aliphatic rings. The topological polar surface area (TPSA) is 0 Å². The minimum atomic E-state index is 0.946. The van der Waals surface area contributed by atoms with Gasteiger partial charge in [0.2, 0.25) is 0 Å². The van der Waals surface area contributed by atoms with Crippen molar-refractivity contribution in [3.63, 3.8) is 0 Å². The smallest absolute Gasteiger partial charge is 0.00253 e. The molecule has 3 aromatic carbocycles. The zero-order valence-corrected chi connectivity index (χ0v) is 12.9. The minimum Gasteiger partial charge on any atom is -0.0912 e. The van der Waals surface area contributed by atoms with Crippen LogP contribution in [-0.4, -0.2) is 0 Å². The first kappa shape index (κ1) is 14.3. The lowest BCUT2D eigenvalue weighted by Gasteiger charge is -2.05. The van der Waals surface area contributed by atoms with Crippen LogP contribution in [0.2, 0.25) is 0 Å². The molecule has 0 amide bonds. The average molecular weight is 284 g/mol. The summed E-state index contributed by atoms with van der Waals surface area (Å²) in [6, 6.07) is 21.7. The highest BCUT2D eigenvalue weighted by Gasteiger charge is 1.99. The van der Waals surface area contributed by atoms with Gasteiger partial charge < -0.3 is 0 Å². The van der Waals surface area contributed by atoms with Gasteiger partial charge in [-0.1, -0.05) is 85.5 Å². The SMILES string of the molecule is C=c1ccc(Cc2ccc3ccccc3c2)c/c1=C/C=C\C. The zero-order valence-electron chi connectivity index (χ0n) is 12.9. The van der Waals surface area contributed by atoms with Gasteiger partial charge >= 0.3 is 0 Å². The molecule has 0 spiro atoms. The fraction of sp³-hybridized carbons (Fsp3) is 0.0909. The number of fused-ring (bicyclic) bond motifs is 1. The summed E-state index contributed by atoms with van der Waals surface area (Å²) in [4.78, 5) is 0. The third-order valence-electron chi connectivity index (χ3n) is 3.90. The first-order valence-electron chi connectivity index (χ1n) is 7.65. The van der Waals surface area contributed by atoms with Crippen LogP contribution in [0.4, 0.5) is 0 Å². The Morgan fingerprint density at radius 2 is 1.59 bits per heavy atom. The van der Waals surface area contributed by atoms with Crippen molar-refractivity contribution in [2.45, 2.75) is 13.3 Å². The van der Waals surface area contributed by atoms with E-state index in [0.29, 0.717) is 0 Å². The van der Waals surface area contributed by atoms with E-state index in [1.54, 1.807) is 0 Å². The van der Waals surface area contributed by atoms with Gasteiger partial charge in [0.15, 0.2) is 0 Å². The minimum absolute atomic E-state index is 0.946. The molecule has 3 rings (SSSR count). The molecule has 22 heavy (non-hydrogen) atoms. The normalized spacial score (nSPS) is 12.3. The van der Waals surface area contributed by atoms with Gasteiger partial charge in [-0.3, -0.25) is 0 Å². The lowest BCUT2D eigenvalue weighted by molar-refractivity contribution is 1.19. The largest absolute Gasteiger partial charge is 0.0912 e. The second kappa shape index (κ2) is 6.44. The number of allylic oxidation sites excluding steroid dienone is 2. The molecule has 3 aromatic rings. The van der Waals surface area contributed by atoms with E-state index in [0.717, 1.165) is 11.6 Å². The molecule has 0 saturated heterocycles. The molecule has 108 valence electrons. The molecule has 0 aromatic heterocycles. The molecule has 0 aliphatic carbocycles. The molecule has 0 fully saturated rings. The summed E-state index contributed by atoms with van der Waals surface area (Å²) in [6.07, 6.45) is 7.16. The van der Waals surface area contributed by atoms with Crippen molar-refractivity contribution in [2.75, 3.05) is 0 Å². The van der Waals surface area contributed by atoms with Gasteiger partial charge in [-0.25, -0.2) is 0 Å². The lowest BCUT2D eigenvalue weighted by Crippen LogP contribution is -2.22. The molecule has 0 heteroatoms. The second-order valence-electron chi connectivity index (χ2n) is 5.58. The van der Waals surface area contributed by atoms with Gasteiger partial charge in [0, 0.05) is 0 Å². The summed E-state index contributed by atoms with van der Waals surface area (Å²) in [6.45, 7) is 6.12. The van der Waals surface area contributed by atoms with E-state index in [9.17, 15) is 0 Å². The van der Waals surface area contributed by atoms with E-state index >= 15 is 0 Å². The third kappa shape index (κ3) is 3.17. The summed E-state index contributed by atoms with van der Waals surface area (Å²) < 4.78 is 0. The zero-order chi connectivity index (χ0) is 15.4. The monoisotopic (exact) mass is 284 g/mol. The molecule has 0 radical (unpaired) electrons. The maximum Gasteiger partial charge on any atom is -0.00253 e. The van der Waals surface area contributed by atoms with Crippen molar-refractivity contribution in [1.82, 2.24) is 0 Å². The van der Waals surface area contributed by atoms with Crippen molar-refractivity contribution >= 4 is 23.4 Å². The Labute approximate surface area is 131 Å². The Morgan fingerprint density at radius 3 is 2.41 bits per heavy atom. The fourth-order valence-electron chi connectivity index (χ4n) is 2.69. The molecular formula is C22H20. The number of rotatable bonds is 3. The summed E-state index contributed by atoms with van der Waals surface area (Å²) in [5, 5.41) is 4.85. The Morgan fingerprint density at radius 1 is 0.864 bits per heavy atom. The third-order valence-corrected chi connectivity index (χ3v) is 3.90. The molecule has 0 aliphatic heterocycles. The molecule has 0 heterocycles. The van der Waals surface area contributed by atoms with Gasteiger partial charge in [0.05, 0.1) is 0 Å². The van der Waals surface area contributed by atoms with Gasteiger partial charge in [-0.15, -0.1) is 0 Å². The Hall–Kier alpha value is -2.60. The number of benzene rings is 3. The highest BCUT2D eigenvalue weighted by Crippen LogP contribution is 2.17. The maximum absolute atomic E-state index is 4.10. The van der Waals surface area contributed by atoms with Crippen LogP contribution >= 0.6 is 0 Å². The van der Waals surface area contributed by atoms with E-state index < -0.39 is 0 Å². The maximum atomic E-state index is 4.10. The predicted octanol–water partition coefficient (Wildman–Crippen LogP) is 4.20. The fourth-order valence-corrected chi connectivity index (χ4v) is 2.69. The Kier molecular flexibility index (Phi) is 4.20. The predicted molar refractivity (Wildman–Crippen MR) is 97.2 cm³/mol. The summed E-state index contributed by atoms with van der Waals surface area (Å²) >= 11 is 0. The highest BCUT2D eigenvalue weighted by molar-refractivity contribution is 5.83. The average Bonchev–Trinajstić information content (AvgIpc) is 2.55. The van der Waals surface area contributed by atoms with Crippen LogP contribution < -0.4 is 10.4 Å². The quantitative estimate of drug-likeness (QED) is 0.676. The summed E-state index contributed by atoms with van der Waals surface area (Å²) in [5.74, 6) is 0. The van der Waals surface area contributed by atoms with Crippen molar-refractivity contribution in [3.8, 4) is 0 Å². The van der Waals surface area contributed by atoms with Crippen LogP contribution in [-0.2, 0) is 6.42 Å². The van der Waals surface area contributed by atoms with E-state index in [-0.39, 0.29) is 0 Å². The highest BCUT2D eigenvalue weighted by atomic mass is 14.0. The van der Waals surface area contributed by atoms with Gasteiger partial charge in [-0.05, 0) is 45.7 Å². The van der Waals surface area contributed by atoms with Crippen LogP contribution in [0.1, 0.15) is 18.1 Å². The molecule has 0 nitrogen and oxygen atoms in total. The number of hydrogen-bond acceptors (Lipinski definition) is 0. The van der Waals surface area contributed by atoms with Crippen molar-refractivity contribution in [1.29, 1.82) is 0 Å². The summed E-state index contributed by atoms with van der Waals surface area (Å²) in [5.41, 5.74) is 2.66. The van der Waals surface area contributed by atoms with Crippen LogP contribution in [0.15, 0.2) is 72.8 Å². The molecule has 0 bridgehead atoms.